The standard InChI is InChI=1S/C20H18BrN3O3/c1-12-7-10-18(15(21)11-12)27-13(2)19(25)23-24-20(26)17-9-8-14-5-3-4-6-16(14)22-17/h3-11,13H,1-2H3,(H,23,25)(H,24,26). The lowest BCUT2D eigenvalue weighted by molar-refractivity contribution is -0.128. The first kappa shape index (κ1) is 18.8. The molecule has 0 saturated carbocycles. The van der Waals surface area contributed by atoms with E-state index in [1.54, 1.807) is 25.1 Å². The minimum atomic E-state index is -0.797. The van der Waals surface area contributed by atoms with Crippen molar-refractivity contribution in [3.63, 3.8) is 0 Å². The molecule has 27 heavy (non-hydrogen) atoms. The SMILES string of the molecule is Cc1ccc(OC(C)C(=O)NNC(=O)c2ccc3ccccc3n2)c(Br)c1. The number of carbonyl (C=O) groups is 2. The Balaban J connectivity index is 1.59. The number of carbonyl (C=O) groups excluding carboxylic acids is 2. The molecule has 1 atom stereocenters. The summed E-state index contributed by atoms with van der Waals surface area (Å²) in [5, 5.41) is 0.934. The maximum Gasteiger partial charge on any atom is 0.288 e. The summed E-state index contributed by atoms with van der Waals surface area (Å²) in [5.74, 6) is -0.430. The third-order valence-corrected chi connectivity index (χ3v) is 4.51. The van der Waals surface area contributed by atoms with E-state index in [0.29, 0.717) is 11.3 Å². The fraction of sp³-hybridized carbons (Fsp3) is 0.150. The molecule has 2 amide bonds. The van der Waals surface area contributed by atoms with Crippen LogP contribution in [0.15, 0.2) is 59.1 Å². The Hall–Kier alpha value is -2.93. The van der Waals surface area contributed by atoms with Crippen LogP contribution in [0, 0.1) is 6.92 Å². The van der Waals surface area contributed by atoms with Crippen molar-refractivity contribution in [1.82, 2.24) is 15.8 Å². The van der Waals surface area contributed by atoms with Crippen LogP contribution in [-0.2, 0) is 4.79 Å². The van der Waals surface area contributed by atoms with Gasteiger partial charge < -0.3 is 4.74 Å². The highest BCUT2D eigenvalue weighted by molar-refractivity contribution is 9.10. The minimum Gasteiger partial charge on any atom is -0.480 e. The number of benzene rings is 2. The molecule has 2 N–H and O–H groups in total. The number of hydrogen-bond acceptors (Lipinski definition) is 4. The third kappa shape index (κ3) is 4.62. The summed E-state index contributed by atoms with van der Waals surface area (Å²) in [6.45, 7) is 3.56. The average Bonchev–Trinajstić information content (AvgIpc) is 2.67. The molecule has 3 rings (SSSR count). The number of hydrogen-bond donors (Lipinski definition) is 2. The van der Waals surface area contributed by atoms with Gasteiger partial charge in [-0.25, -0.2) is 4.98 Å². The average molecular weight is 428 g/mol. The highest BCUT2D eigenvalue weighted by Gasteiger charge is 2.17. The quantitative estimate of drug-likeness (QED) is 0.624. The summed E-state index contributed by atoms with van der Waals surface area (Å²) >= 11 is 3.40. The second kappa shape index (κ2) is 8.18. The summed E-state index contributed by atoms with van der Waals surface area (Å²) in [6, 6.07) is 16.4. The predicted octanol–water partition coefficient (Wildman–Crippen LogP) is 3.53. The normalized spacial score (nSPS) is 11.7. The molecule has 7 heteroatoms. The molecule has 1 unspecified atom stereocenters. The van der Waals surface area contributed by atoms with E-state index in [9.17, 15) is 9.59 Å². The highest BCUT2D eigenvalue weighted by Crippen LogP contribution is 2.26. The van der Waals surface area contributed by atoms with Gasteiger partial charge in [-0.3, -0.25) is 20.4 Å². The van der Waals surface area contributed by atoms with Gasteiger partial charge in [0.25, 0.3) is 11.8 Å². The van der Waals surface area contributed by atoms with Crippen LogP contribution in [0.3, 0.4) is 0 Å². The number of aromatic nitrogens is 1. The van der Waals surface area contributed by atoms with E-state index < -0.39 is 17.9 Å². The van der Waals surface area contributed by atoms with Gasteiger partial charge in [-0.05, 0) is 59.6 Å². The molecule has 1 aromatic heterocycles. The van der Waals surface area contributed by atoms with E-state index >= 15 is 0 Å². The number of pyridine rings is 1. The Morgan fingerprint density at radius 2 is 1.85 bits per heavy atom. The smallest absolute Gasteiger partial charge is 0.288 e. The molecule has 6 nitrogen and oxygen atoms in total. The summed E-state index contributed by atoms with van der Waals surface area (Å²) in [5.41, 5.74) is 6.71. The van der Waals surface area contributed by atoms with Crippen LogP contribution < -0.4 is 15.6 Å². The monoisotopic (exact) mass is 427 g/mol. The topological polar surface area (TPSA) is 80.3 Å². The van der Waals surface area contributed by atoms with Gasteiger partial charge >= 0.3 is 0 Å². The third-order valence-electron chi connectivity index (χ3n) is 3.89. The molecule has 2 aromatic carbocycles. The molecule has 0 aliphatic rings. The van der Waals surface area contributed by atoms with E-state index in [1.165, 1.54) is 0 Å². The van der Waals surface area contributed by atoms with Gasteiger partial charge in [0.2, 0.25) is 0 Å². The van der Waals surface area contributed by atoms with Crippen LogP contribution in [-0.4, -0.2) is 22.9 Å². The molecule has 0 radical (unpaired) electrons. The number of aryl methyl sites for hydroxylation is 1. The number of para-hydroxylation sites is 1. The lowest BCUT2D eigenvalue weighted by Crippen LogP contribution is -2.47. The van der Waals surface area contributed by atoms with Gasteiger partial charge in [-0.1, -0.05) is 30.3 Å². The van der Waals surface area contributed by atoms with Crippen LogP contribution in [0.25, 0.3) is 10.9 Å². The number of halogens is 1. The zero-order chi connectivity index (χ0) is 19.4. The second-order valence-electron chi connectivity index (χ2n) is 6.03. The number of fused-ring (bicyclic) bond motifs is 1. The van der Waals surface area contributed by atoms with E-state index in [4.69, 9.17) is 4.74 Å². The van der Waals surface area contributed by atoms with Crippen molar-refractivity contribution in [3.8, 4) is 5.75 Å². The van der Waals surface area contributed by atoms with Gasteiger partial charge in [0.15, 0.2) is 6.10 Å². The molecule has 0 aliphatic carbocycles. The molecule has 138 valence electrons. The number of nitrogens with zero attached hydrogens (tertiary/aromatic N) is 1. The van der Waals surface area contributed by atoms with Gasteiger partial charge in [-0.2, -0.15) is 0 Å². The van der Waals surface area contributed by atoms with E-state index in [2.05, 4.69) is 31.8 Å². The van der Waals surface area contributed by atoms with Gasteiger partial charge in [0.1, 0.15) is 11.4 Å². The van der Waals surface area contributed by atoms with E-state index in [0.717, 1.165) is 15.4 Å². The Morgan fingerprint density at radius 1 is 1.07 bits per heavy atom. The molecular formula is C20H18BrN3O3. The van der Waals surface area contributed by atoms with Crippen LogP contribution in [0.1, 0.15) is 23.0 Å². The first-order valence-electron chi connectivity index (χ1n) is 8.33. The summed E-state index contributed by atoms with van der Waals surface area (Å²) < 4.78 is 6.39. The fourth-order valence-electron chi connectivity index (χ4n) is 2.42. The molecule has 1 heterocycles. The Labute approximate surface area is 165 Å². The second-order valence-corrected chi connectivity index (χ2v) is 6.88. The van der Waals surface area contributed by atoms with Crippen LogP contribution in [0.5, 0.6) is 5.75 Å². The number of amides is 2. The number of ether oxygens (including phenoxy) is 1. The van der Waals surface area contributed by atoms with Crippen molar-refractivity contribution >= 4 is 38.6 Å². The van der Waals surface area contributed by atoms with Gasteiger partial charge in [0.05, 0.1) is 9.99 Å². The zero-order valence-corrected chi connectivity index (χ0v) is 16.4. The van der Waals surface area contributed by atoms with Crippen molar-refractivity contribution < 1.29 is 14.3 Å². The molecule has 0 aliphatic heterocycles. The first-order chi connectivity index (χ1) is 12.9. The lowest BCUT2D eigenvalue weighted by Gasteiger charge is -2.16. The van der Waals surface area contributed by atoms with Crippen molar-refractivity contribution in [2.45, 2.75) is 20.0 Å². The Bertz CT molecular complexity index is 1010. The number of rotatable bonds is 4. The molecular weight excluding hydrogens is 410 g/mol. The number of nitrogens with one attached hydrogen (secondary N) is 2. The summed E-state index contributed by atoms with van der Waals surface area (Å²) in [7, 11) is 0. The minimum absolute atomic E-state index is 0.212. The summed E-state index contributed by atoms with van der Waals surface area (Å²) in [4.78, 5) is 28.7. The summed E-state index contributed by atoms with van der Waals surface area (Å²) in [6.07, 6.45) is -0.797. The Kier molecular flexibility index (Phi) is 5.71. The zero-order valence-electron chi connectivity index (χ0n) is 14.8. The van der Waals surface area contributed by atoms with Gasteiger partial charge in [0, 0.05) is 5.39 Å². The Morgan fingerprint density at radius 3 is 2.63 bits per heavy atom. The van der Waals surface area contributed by atoms with Crippen molar-refractivity contribution in [2.24, 2.45) is 0 Å². The van der Waals surface area contributed by atoms with Crippen LogP contribution in [0.4, 0.5) is 0 Å². The molecule has 0 fully saturated rings. The molecule has 0 saturated heterocycles. The first-order valence-corrected chi connectivity index (χ1v) is 9.12. The van der Waals surface area contributed by atoms with Crippen molar-refractivity contribution in [2.75, 3.05) is 0 Å². The van der Waals surface area contributed by atoms with Gasteiger partial charge in [-0.15, -0.1) is 0 Å². The van der Waals surface area contributed by atoms with Crippen molar-refractivity contribution in [1.29, 1.82) is 0 Å². The van der Waals surface area contributed by atoms with E-state index in [1.807, 2.05) is 43.3 Å². The maximum absolute atomic E-state index is 12.2. The fourth-order valence-corrected chi connectivity index (χ4v) is 3.01. The molecule has 0 spiro atoms. The number of hydrazine groups is 1. The molecule has 3 aromatic rings. The highest BCUT2D eigenvalue weighted by atomic mass is 79.9. The lowest BCUT2D eigenvalue weighted by atomic mass is 10.2. The largest absolute Gasteiger partial charge is 0.480 e. The predicted molar refractivity (Wildman–Crippen MR) is 106 cm³/mol. The maximum atomic E-state index is 12.2. The van der Waals surface area contributed by atoms with Crippen LogP contribution >= 0.6 is 15.9 Å². The van der Waals surface area contributed by atoms with Crippen LogP contribution in [0.2, 0.25) is 0 Å². The van der Waals surface area contributed by atoms with E-state index in [-0.39, 0.29) is 5.69 Å². The molecule has 0 bridgehead atoms. The van der Waals surface area contributed by atoms with Crippen molar-refractivity contribution in [3.05, 3.63) is 70.3 Å².